The second-order valence-corrected chi connectivity index (χ2v) is 9.31. The molecule has 0 bridgehead atoms. The van der Waals surface area contributed by atoms with Crippen LogP contribution in [0.3, 0.4) is 0 Å². The van der Waals surface area contributed by atoms with Crippen LogP contribution in [0.15, 0.2) is 54.6 Å². The van der Waals surface area contributed by atoms with Crippen LogP contribution >= 0.6 is 22.9 Å². The lowest BCUT2D eigenvalue weighted by Gasteiger charge is -2.14. The molecule has 0 spiro atoms. The fourth-order valence-electron chi connectivity index (χ4n) is 4.18. The molecule has 0 aliphatic carbocycles. The normalized spacial score (nSPS) is 12.5. The average molecular weight is 537 g/mol. The highest BCUT2D eigenvalue weighted by atomic mass is 35.5. The molecule has 0 N–H and O–H groups in total. The van der Waals surface area contributed by atoms with Gasteiger partial charge in [-0.1, -0.05) is 35.1 Å². The zero-order valence-electron chi connectivity index (χ0n) is 20.3. The molecule has 4 aromatic rings. The number of hydrogen-bond donors (Lipinski definition) is 0. The Bertz CT molecular complexity index is 1490. The van der Waals surface area contributed by atoms with E-state index in [1.807, 2.05) is 6.07 Å². The monoisotopic (exact) mass is 536 g/mol. The molecule has 0 unspecified atom stereocenters. The fourth-order valence-corrected chi connectivity index (χ4v) is 5.52. The van der Waals surface area contributed by atoms with Gasteiger partial charge in [0.25, 0.3) is 11.8 Å². The van der Waals surface area contributed by atoms with Crippen LogP contribution in [0.25, 0.3) is 21.7 Å². The van der Waals surface area contributed by atoms with Crippen molar-refractivity contribution in [3.8, 4) is 44.7 Å². The van der Waals surface area contributed by atoms with E-state index in [1.165, 1.54) is 39.8 Å². The highest BCUT2D eigenvalue weighted by Gasteiger charge is 2.39. The van der Waals surface area contributed by atoms with E-state index < -0.39 is 11.8 Å². The lowest BCUT2D eigenvalue weighted by molar-refractivity contribution is 0.0926. The van der Waals surface area contributed by atoms with Gasteiger partial charge in [0.05, 0.1) is 55.2 Å². The molecular weight excluding hydrogens is 516 g/mol. The van der Waals surface area contributed by atoms with Crippen molar-refractivity contribution in [2.45, 2.75) is 0 Å². The van der Waals surface area contributed by atoms with Crippen molar-refractivity contribution in [2.24, 2.45) is 0 Å². The van der Waals surface area contributed by atoms with Crippen molar-refractivity contribution in [3.05, 3.63) is 70.7 Å². The first-order valence-electron chi connectivity index (χ1n) is 11.0. The fraction of sp³-hybridized carbons (Fsp3) is 0.148. The molecule has 10 heteroatoms. The van der Waals surface area contributed by atoms with Crippen LogP contribution in [0.4, 0.5) is 5.13 Å². The Labute approximate surface area is 221 Å². The Morgan fingerprint density at radius 2 is 1.35 bits per heavy atom. The van der Waals surface area contributed by atoms with Crippen LogP contribution < -0.4 is 23.8 Å². The number of ether oxygens (including phenoxy) is 4. The quantitative estimate of drug-likeness (QED) is 0.269. The van der Waals surface area contributed by atoms with Gasteiger partial charge in [0.1, 0.15) is 5.75 Å². The molecule has 37 heavy (non-hydrogen) atoms. The number of nitrogens with zero attached hydrogens (tertiary/aromatic N) is 2. The lowest BCUT2D eigenvalue weighted by atomic mass is 10.1. The summed E-state index contributed by atoms with van der Waals surface area (Å²) in [5.41, 5.74) is 2.56. The van der Waals surface area contributed by atoms with Gasteiger partial charge < -0.3 is 18.9 Å². The minimum absolute atomic E-state index is 0.233. The van der Waals surface area contributed by atoms with E-state index in [0.717, 1.165) is 10.5 Å². The van der Waals surface area contributed by atoms with Gasteiger partial charge in [0.15, 0.2) is 11.5 Å². The van der Waals surface area contributed by atoms with E-state index in [4.69, 9.17) is 35.5 Å². The molecule has 0 atom stereocenters. The second kappa shape index (κ2) is 9.76. The number of anilines is 1. The molecule has 188 valence electrons. The number of carbonyl (C=O) groups excluding carboxylic acids is 2. The minimum atomic E-state index is -0.426. The number of methoxy groups -OCH3 is 4. The van der Waals surface area contributed by atoms with E-state index in [9.17, 15) is 9.59 Å². The molecule has 2 heterocycles. The first-order chi connectivity index (χ1) is 17.9. The number of benzene rings is 3. The molecule has 3 aromatic carbocycles. The first-order valence-corrected chi connectivity index (χ1v) is 12.2. The third-order valence-electron chi connectivity index (χ3n) is 5.95. The largest absolute Gasteiger partial charge is 0.495 e. The lowest BCUT2D eigenvalue weighted by Crippen LogP contribution is -2.29. The molecule has 2 amide bonds. The number of aromatic nitrogens is 1. The molecule has 0 radical (unpaired) electrons. The van der Waals surface area contributed by atoms with Gasteiger partial charge >= 0.3 is 0 Å². The molecule has 1 aliphatic heterocycles. The van der Waals surface area contributed by atoms with Crippen molar-refractivity contribution in [2.75, 3.05) is 33.3 Å². The van der Waals surface area contributed by atoms with E-state index in [2.05, 4.69) is 0 Å². The summed E-state index contributed by atoms with van der Waals surface area (Å²) in [5, 5.41) is 0.642. The van der Waals surface area contributed by atoms with Gasteiger partial charge in [0.2, 0.25) is 10.9 Å². The van der Waals surface area contributed by atoms with E-state index in [1.54, 1.807) is 48.5 Å². The van der Waals surface area contributed by atoms with Crippen LogP contribution in [0.5, 0.6) is 23.0 Å². The van der Waals surface area contributed by atoms with Crippen LogP contribution in [0.2, 0.25) is 5.02 Å². The maximum Gasteiger partial charge on any atom is 0.268 e. The van der Waals surface area contributed by atoms with Crippen LogP contribution in [0, 0.1) is 0 Å². The molecule has 1 aliphatic rings. The summed E-state index contributed by atoms with van der Waals surface area (Å²) in [4.78, 5) is 33.0. The maximum atomic E-state index is 13.2. The molecule has 0 saturated carbocycles. The highest BCUT2D eigenvalue weighted by molar-refractivity contribution is 7.20. The SMILES string of the molecule is COc1ccc(-c2sc(N3C(=O)c4ccccc4C3=O)nc2-c2cc(OC)c(OC)c(OC)c2)cc1Cl. The van der Waals surface area contributed by atoms with Crippen molar-refractivity contribution in [3.63, 3.8) is 0 Å². The Morgan fingerprint density at radius 3 is 1.86 bits per heavy atom. The van der Waals surface area contributed by atoms with Crippen LogP contribution in [-0.2, 0) is 0 Å². The molecular formula is C27H21ClN2O6S. The molecule has 5 rings (SSSR count). The van der Waals surface area contributed by atoms with Crippen molar-refractivity contribution in [1.29, 1.82) is 0 Å². The van der Waals surface area contributed by atoms with Gasteiger partial charge in [-0.2, -0.15) is 0 Å². The zero-order chi connectivity index (χ0) is 26.3. The molecule has 0 fully saturated rings. The van der Waals surface area contributed by atoms with Gasteiger partial charge in [-0.25, -0.2) is 9.88 Å². The topological polar surface area (TPSA) is 87.2 Å². The van der Waals surface area contributed by atoms with Crippen LogP contribution in [-0.4, -0.2) is 45.2 Å². The number of thiazole rings is 1. The summed E-state index contributed by atoms with van der Waals surface area (Å²) in [5.74, 6) is 0.968. The summed E-state index contributed by atoms with van der Waals surface area (Å²) in [7, 11) is 6.11. The van der Waals surface area contributed by atoms with Gasteiger partial charge in [0, 0.05) is 5.56 Å². The molecule has 0 saturated heterocycles. The van der Waals surface area contributed by atoms with E-state index >= 15 is 0 Å². The summed E-state index contributed by atoms with van der Waals surface area (Å²) in [6.45, 7) is 0. The molecule has 1 aromatic heterocycles. The van der Waals surface area contributed by atoms with Gasteiger partial charge in [-0.05, 0) is 48.0 Å². The Hall–Kier alpha value is -4.08. The van der Waals surface area contributed by atoms with Crippen LogP contribution in [0.1, 0.15) is 20.7 Å². The van der Waals surface area contributed by atoms with Gasteiger partial charge in [-0.15, -0.1) is 0 Å². The van der Waals surface area contributed by atoms with Crippen molar-refractivity contribution < 1.29 is 28.5 Å². The summed E-state index contributed by atoms with van der Waals surface area (Å²) in [6.07, 6.45) is 0. The number of carbonyl (C=O) groups is 2. The standard InChI is InChI=1S/C27H21ClN2O6S/c1-33-19-10-9-14(11-18(19)28)24-22(15-12-20(34-2)23(36-4)21(13-15)35-3)29-27(37-24)30-25(31)16-7-5-6-8-17(16)26(30)32/h5-13H,1-4H3. The Balaban J connectivity index is 1.72. The third-order valence-corrected chi connectivity index (χ3v) is 7.34. The average Bonchev–Trinajstić information content (AvgIpc) is 3.46. The minimum Gasteiger partial charge on any atom is -0.495 e. The maximum absolute atomic E-state index is 13.2. The predicted molar refractivity (Wildman–Crippen MR) is 142 cm³/mol. The van der Waals surface area contributed by atoms with E-state index in [-0.39, 0.29) is 5.13 Å². The zero-order valence-corrected chi connectivity index (χ0v) is 21.9. The first kappa shape index (κ1) is 24.6. The third kappa shape index (κ3) is 4.06. The number of fused-ring (bicyclic) bond motifs is 1. The number of rotatable bonds is 7. The summed E-state index contributed by atoms with van der Waals surface area (Å²) in [6, 6.07) is 15.6. The smallest absolute Gasteiger partial charge is 0.268 e. The Kier molecular flexibility index (Phi) is 6.49. The predicted octanol–water partition coefficient (Wildman–Crippen LogP) is 5.97. The van der Waals surface area contributed by atoms with E-state index in [0.29, 0.717) is 55.3 Å². The highest BCUT2D eigenvalue weighted by Crippen LogP contribution is 2.47. The van der Waals surface area contributed by atoms with Gasteiger partial charge in [-0.3, -0.25) is 9.59 Å². The summed E-state index contributed by atoms with van der Waals surface area (Å²) >= 11 is 7.64. The molecule has 8 nitrogen and oxygen atoms in total. The van der Waals surface area contributed by atoms with Crippen molar-refractivity contribution >= 4 is 39.9 Å². The number of hydrogen-bond acceptors (Lipinski definition) is 8. The van der Waals surface area contributed by atoms with Crippen molar-refractivity contribution in [1.82, 2.24) is 4.98 Å². The number of imide groups is 1. The Morgan fingerprint density at radius 1 is 0.757 bits per heavy atom. The second-order valence-electron chi connectivity index (χ2n) is 7.93. The summed E-state index contributed by atoms with van der Waals surface area (Å²) < 4.78 is 21.8. The number of amides is 2. The number of halogens is 1.